The summed E-state index contributed by atoms with van der Waals surface area (Å²) < 4.78 is 4.59. The van der Waals surface area contributed by atoms with E-state index in [0.29, 0.717) is 12.1 Å². The van der Waals surface area contributed by atoms with Gasteiger partial charge >= 0.3 is 5.97 Å². The van der Waals surface area contributed by atoms with Crippen molar-refractivity contribution in [3.63, 3.8) is 0 Å². The van der Waals surface area contributed by atoms with Gasteiger partial charge in [0.2, 0.25) is 5.91 Å². The van der Waals surface area contributed by atoms with Crippen LogP contribution >= 0.6 is 0 Å². The number of amides is 1. The van der Waals surface area contributed by atoms with Crippen LogP contribution in [-0.4, -0.2) is 22.1 Å². The Balaban J connectivity index is 1.77. The molecule has 0 unspecified atom stereocenters. The molecule has 0 spiro atoms. The van der Waals surface area contributed by atoms with E-state index in [9.17, 15) is 9.59 Å². The van der Waals surface area contributed by atoms with Gasteiger partial charge in [-0.1, -0.05) is 5.16 Å². The molecular formula is C9H10N2O4. The first kappa shape index (κ1) is 9.70. The Morgan fingerprint density at radius 3 is 2.93 bits per heavy atom. The third-order valence-electron chi connectivity index (χ3n) is 2.38. The molecule has 0 aliphatic heterocycles. The van der Waals surface area contributed by atoms with E-state index in [1.54, 1.807) is 6.07 Å². The second-order valence-corrected chi connectivity index (χ2v) is 3.50. The predicted molar refractivity (Wildman–Crippen MR) is 47.6 cm³/mol. The van der Waals surface area contributed by atoms with Gasteiger partial charge in [-0.2, -0.15) is 0 Å². The van der Waals surface area contributed by atoms with Crippen molar-refractivity contribution in [2.75, 3.05) is 0 Å². The second kappa shape index (κ2) is 3.72. The molecule has 1 aromatic rings. The van der Waals surface area contributed by atoms with Crippen LogP contribution in [0.2, 0.25) is 0 Å². The molecule has 1 amide bonds. The van der Waals surface area contributed by atoms with Crippen molar-refractivity contribution in [3.8, 4) is 0 Å². The summed E-state index contributed by atoms with van der Waals surface area (Å²) in [6.45, 7) is 0.276. The van der Waals surface area contributed by atoms with E-state index >= 15 is 0 Å². The van der Waals surface area contributed by atoms with Gasteiger partial charge in [-0.25, -0.2) is 0 Å². The summed E-state index contributed by atoms with van der Waals surface area (Å²) in [5, 5.41) is 14.8. The number of aromatic nitrogens is 1. The first-order valence-corrected chi connectivity index (χ1v) is 4.58. The summed E-state index contributed by atoms with van der Waals surface area (Å²) in [6, 6.07) is 1.64. The van der Waals surface area contributed by atoms with Crippen molar-refractivity contribution >= 4 is 11.9 Å². The fourth-order valence-electron chi connectivity index (χ4n) is 1.40. The average Bonchev–Trinajstić information content (AvgIpc) is 2.85. The lowest BCUT2D eigenvalue weighted by atomic mass is 10.3. The normalized spacial score (nSPS) is 23.5. The van der Waals surface area contributed by atoms with E-state index < -0.39 is 11.9 Å². The number of nitrogens with one attached hydrogen (secondary N) is 1. The molecule has 2 N–H and O–H groups in total. The quantitative estimate of drug-likeness (QED) is 0.730. The number of aliphatic carboxylic acids is 1. The highest BCUT2D eigenvalue weighted by molar-refractivity contribution is 5.89. The first-order chi connectivity index (χ1) is 7.18. The lowest BCUT2D eigenvalue weighted by Crippen LogP contribution is -2.26. The van der Waals surface area contributed by atoms with Crippen molar-refractivity contribution < 1.29 is 19.2 Å². The highest BCUT2D eigenvalue weighted by atomic mass is 16.5. The molecule has 15 heavy (non-hydrogen) atoms. The minimum Gasteiger partial charge on any atom is -0.481 e. The largest absolute Gasteiger partial charge is 0.481 e. The summed E-state index contributed by atoms with van der Waals surface area (Å²) in [7, 11) is 0. The zero-order chi connectivity index (χ0) is 10.8. The van der Waals surface area contributed by atoms with E-state index in [-0.39, 0.29) is 18.4 Å². The van der Waals surface area contributed by atoms with Crippen molar-refractivity contribution in [1.82, 2.24) is 10.5 Å². The molecule has 2 atom stereocenters. The van der Waals surface area contributed by atoms with Crippen molar-refractivity contribution in [1.29, 1.82) is 0 Å². The molecule has 80 valence electrons. The molecule has 1 aromatic heterocycles. The summed E-state index contributed by atoms with van der Waals surface area (Å²) in [6.07, 6.45) is 1.85. The van der Waals surface area contributed by atoms with Gasteiger partial charge in [0.15, 0.2) is 0 Å². The van der Waals surface area contributed by atoms with E-state index in [1.807, 2.05) is 0 Å². The van der Waals surface area contributed by atoms with Gasteiger partial charge in [0.25, 0.3) is 0 Å². The second-order valence-electron chi connectivity index (χ2n) is 3.50. The standard InChI is InChI=1S/C9H10N2O4/c12-8(6-3-7(6)9(13)14)10-4-5-1-2-15-11-5/h1-2,6-7H,3-4H2,(H,10,12)(H,13,14)/t6-,7+/m1/s1. The Morgan fingerprint density at radius 2 is 2.40 bits per heavy atom. The van der Waals surface area contributed by atoms with Crippen molar-refractivity contribution in [3.05, 3.63) is 18.0 Å². The monoisotopic (exact) mass is 210 g/mol. The molecular weight excluding hydrogens is 200 g/mol. The van der Waals surface area contributed by atoms with Crippen LogP contribution in [-0.2, 0) is 16.1 Å². The van der Waals surface area contributed by atoms with Crippen molar-refractivity contribution in [2.24, 2.45) is 11.8 Å². The first-order valence-electron chi connectivity index (χ1n) is 4.58. The Kier molecular flexibility index (Phi) is 2.40. The zero-order valence-electron chi connectivity index (χ0n) is 7.84. The van der Waals surface area contributed by atoms with Crippen LogP contribution in [0.1, 0.15) is 12.1 Å². The number of carboxylic acids is 1. The third-order valence-corrected chi connectivity index (χ3v) is 2.38. The van der Waals surface area contributed by atoms with Gasteiger partial charge in [0.1, 0.15) is 12.0 Å². The van der Waals surface area contributed by atoms with Crippen LogP contribution in [0, 0.1) is 11.8 Å². The van der Waals surface area contributed by atoms with Gasteiger partial charge in [0, 0.05) is 6.07 Å². The van der Waals surface area contributed by atoms with E-state index in [1.165, 1.54) is 6.26 Å². The van der Waals surface area contributed by atoms with Gasteiger partial charge in [-0.15, -0.1) is 0 Å². The summed E-state index contributed by atoms with van der Waals surface area (Å²) in [4.78, 5) is 21.9. The average molecular weight is 210 g/mol. The number of rotatable bonds is 4. The fourth-order valence-corrected chi connectivity index (χ4v) is 1.40. The number of carbonyl (C=O) groups excluding carboxylic acids is 1. The zero-order valence-corrected chi connectivity index (χ0v) is 7.84. The third kappa shape index (κ3) is 2.15. The van der Waals surface area contributed by atoms with E-state index in [0.717, 1.165) is 0 Å². The van der Waals surface area contributed by atoms with Crippen molar-refractivity contribution in [2.45, 2.75) is 13.0 Å². The number of nitrogens with zero attached hydrogens (tertiary/aromatic N) is 1. The minimum atomic E-state index is -0.906. The van der Waals surface area contributed by atoms with Crippen LogP contribution < -0.4 is 5.32 Å². The fraction of sp³-hybridized carbons (Fsp3) is 0.444. The summed E-state index contributed by atoms with van der Waals surface area (Å²) >= 11 is 0. The van der Waals surface area contributed by atoms with Crippen LogP contribution in [0.3, 0.4) is 0 Å². The maximum atomic E-state index is 11.4. The number of hydrogen-bond acceptors (Lipinski definition) is 4. The van der Waals surface area contributed by atoms with Gasteiger partial charge < -0.3 is 14.9 Å². The predicted octanol–water partition coefficient (Wildman–Crippen LogP) is 0.0115. The highest BCUT2D eigenvalue weighted by Gasteiger charge is 2.48. The smallest absolute Gasteiger partial charge is 0.307 e. The number of carbonyl (C=O) groups is 2. The highest BCUT2D eigenvalue weighted by Crippen LogP contribution is 2.38. The Morgan fingerprint density at radius 1 is 1.60 bits per heavy atom. The molecule has 6 heteroatoms. The molecule has 1 heterocycles. The summed E-state index contributed by atoms with van der Waals surface area (Å²) in [5.41, 5.74) is 0.621. The molecule has 0 aromatic carbocycles. The molecule has 6 nitrogen and oxygen atoms in total. The molecule has 1 fully saturated rings. The van der Waals surface area contributed by atoms with E-state index in [2.05, 4.69) is 15.0 Å². The molecule has 2 rings (SSSR count). The number of hydrogen-bond donors (Lipinski definition) is 2. The molecule has 0 bridgehead atoms. The SMILES string of the molecule is O=C(O)[C@H]1C[C@H]1C(=O)NCc1ccon1. The van der Waals surface area contributed by atoms with E-state index in [4.69, 9.17) is 5.11 Å². The van der Waals surface area contributed by atoms with Crippen LogP contribution in [0.25, 0.3) is 0 Å². The lowest BCUT2D eigenvalue weighted by molar-refractivity contribution is -0.140. The maximum Gasteiger partial charge on any atom is 0.307 e. The van der Waals surface area contributed by atoms with Crippen LogP contribution in [0.5, 0.6) is 0 Å². The van der Waals surface area contributed by atoms with Crippen LogP contribution in [0.15, 0.2) is 16.9 Å². The molecule has 1 aliphatic carbocycles. The minimum absolute atomic E-state index is 0.231. The topological polar surface area (TPSA) is 92.4 Å². The van der Waals surface area contributed by atoms with Gasteiger partial charge in [0.05, 0.1) is 18.4 Å². The van der Waals surface area contributed by atoms with Gasteiger partial charge in [-0.3, -0.25) is 9.59 Å². The molecule has 1 aliphatic rings. The van der Waals surface area contributed by atoms with Gasteiger partial charge in [-0.05, 0) is 6.42 Å². The Hall–Kier alpha value is -1.85. The molecule has 0 saturated heterocycles. The number of carboxylic acid groups (broad SMARTS) is 1. The molecule has 0 radical (unpaired) electrons. The lowest BCUT2D eigenvalue weighted by Gasteiger charge is -2.00. The Labute approximate surface area is 85.2 Å². The Bertz CT molecular complexity index is 373. The molecule has 1 saturated carbocycles. The summed E-state index contributed by atoms with van der Waals surface area (Å²) in [5.74, 6) is -2.03. The maximum absolute atomic E-state index is 11.4. The van der Waals surface area contributed by atoms with Crippen LogP contribution in [0.4, 0.5) is 0 Å².